The van der Waals surface area contributed by atoms with Crippen LogP contribution in [0.25, 0.3) is 0 Å². The number of nitrogens with zero attached hydrogens (tertiary/aromatic N) is 1. The predicted octanol–water partition coefficient (Wildman–Crippen LogP) is 1.55. The molecule has 2 rings (SSSR count). The van der Waals surface area contributed by atoms with E-state index in [0.29, 0.717) is 24.5 Å². The van der Waals surface area contributed by atoms with E-state index in [2.05, 4.69) is 20.4 Å². The maximum Gasteiger partial charge on any atom is 0.251 e. The van der Waals surface area contributed by atoms with Gasteiger partial charge in [-0.3, -0.25) is 4.79 Å². The summed E-state index contributed by atoms with van der Waals surface area (Å²) in [5.41, 5.74) is 0.265. The summed E-state index contributed by atoms with van der Waals surface area (Å²) in [6.07, 6.45) is 0.648. The lowest BCUT2D eigenvalue weighted by Gasteiger charge is -2.30. The van der Waals surface area contributed by atoms with E-state index < -0.39 is 5.72 Å². The van der Waals surface area contributed by atoms with Gasteiger partial charge < -0.3 is 9.64 Å². The maximum atomic E-state index is 11.9. The van der Waals surface area contributed by atoms with Crippen molar-refractivity contribution in [3.8, 4) is 0 Å². The lowest BCUT2D eigenvalue weighted by atomic mass is 10.0. The van der Waals surface area contributed by atoms with Crippen LogP contribution in [-0.4, -0.2) is 29.2 Å². The lowest BCUT2D eigenvalue weighted by molar-refractivity contribution is -0.135. The van der Waals surface area contributed by atoms with Gasteiger partial charge in [0.05, 0.1) is 12.6 Å². The quantitative estimate of drug-likeness (QED) is 0.594. The van der Waals surface area contributed by atoms with Gasteiger partial charge in [0.25, 0.3) is 5.91 Å². The monoisotopic (exact) mass is 195 g/mol. The van der Waals surface area contributed by atoms with E-state index in [4.69, 9.17) is 4.74 Å². The molecule has 14 heavy (non-hydrogen) atoms. The van der Waals surface area contributed by atoms with Crippen molar-refractivity contribution in [3.63, 3.8) is 0 Å². The predicted molar refractivity (Wildman–Crippen MR) is 53.6 cm³/mol. The van der Waals surface area contributed by atoms with Crippen LogP contribution in [0.4, 0.5) is 0 Å². The van der Waals surface area contributed by atoms with Crippen LogP contribution in [0.5, 0.6) is 0 Å². The highest BCUT2D eigenvalue weighted by Gasteiger charge is 2.53. The van der Waals surface area contributed by atoms with Crippen LogP contribution < -0.4 is 0 Å². The van der Waals surface area contributed by atoms with Crippen molar-refractivity contribution < 1.29 is 9.53 Å². The fraction of sp³-hybridized carbons (Fsp3) is 0.727. The van der Waals surface area contributed by atoms with Gasteiger partial charge in [-0.1, -0.05) is 20.4 Å². The third kappa shape index (κ3) is 1.12. The van der Waals surface area contributed by atoms with Crippen LogP contribution in [0.15, 0.2) is 12.2 Å². The summed E-state index contributed by atoms with van der Waals surface area (Å²) in [7, 11) is 0. The molecule has 0 saturated carbocycles. The minimum absolute atomic E-state index is 0.0729. The van der Waals surface area contributed by atoms with E-state index in [1.54, 1.807) is 0 Å². The molecule has 2 atom stereocenters. The Kier molecular flexibility index (Phi) is 1.96. The van der Waals surface area contributed by atoms with Crippen molar-refractivity contribution in [3.05, 3.63) is 12.2 Å². The number of hydrogen-bond donors (Lipinski definition) is 0. The summed E-state index contributed by atoms with van der Waals surface area (Å²) in [6, 6.07) is 0.215. The average Bonchev–Trinajstić information content (AvgIpc) is 2.50. The second-order valence-electron chi connectivity index (χ2n) is 4.75. The first-order valence-electron chi connectivity index (χ1n) is 5.11. The van der Waals surface area contributed by atoms with Gasteiger partial charge in [-0.05, 0) is 12.8 Å². The fourth-order valence-corrected chi connectivity index (χ4v) is 2.39. The van der Waals surface area contributed by atoms with Crippen molar-refractivity contribution in [2.24, 2.45) is 5.92 Å². The van der Waals surface area contributed by atoms with Gasteiger partial charge in [-0.15, -0.1) is 0 Å². The Morgan fingerprint density at radius 2 is 2.29 bits per heavy atom. The topological polar surface area (TPSA) is 29.5 Å². The minimum atomic E-state index is -0.414. The maximum absolute atomic E-state index is 11.9. The van der Waals surface area contributed by atoms with E-state index >= 15 is 0 Å². The Bertz CT molecular complexity index is 298. The Hall–Kier alpha value is -0.830. The molecule has 2 aliphatic rings. The largest absolute Gasteiger partial charge is 0.353 e. The first-order valence-corrected chi connectivity index (χ1v) is 5.11. The first kappa shape index (κ1) is 9.71. The highest BCUT2D eigenvalue weighted by molar-refractivity contribution is 5.96. The highest BCUT2D eigenvalue weighted by atomic mass is 16.5. The molecule has 2 heterocycles. The molecule has 0 aromatic rings. The zero-order valence-electron chi connectivity index (χ0n) is 9.04. The van der Waals surface area contributed by atoms with E-state index in [0.717, 1.165) is 0 Å². The zero-order valence-corrected chi connectivity index (χ0v) is 9.04. The third-order valence-electron chi connectivity index (χ3n) is 3.24. The Morgan fingerprint density at radius 3 is 2.86 bits per heavy atom. The molecule has 78 valence electrons. The standard InChI is InChI=1S/C11H17NO2/c1-7(2)9-6-14-11(4)5-8(3)10(13)12(9)11/h7,9H,3,5-6H2,1-2,4H3/t9-,11?/m1/s1. The van der Waals surface area contributed by atoms with Gasteiger partial charge in [0.15, 0.2) is 0 Å². The molecule has 1 amide bonds. The van der Waals surface area contributed by atoms with Crippen molar-refractivity contribution in [2.75, 3.05) is 6.61 Å². The first-order chi connectivity index (χ1) is 6.46. The van der Waals surface area contributed by atoms with Gasteiger partial charge >= 0.3 is 0 Å². The van der Waals surface area contributed by atoms with Gasteiger partial charge in [-0.25, -0.2) is 0 Å². The molecule has 0 N–H and O–H groups in total. The van der Waals surface area contributed by atoms with Crippen molar-refractivity contribution in [2.45, 2.75) is 39.0 Å². The molecule has 1 unspecified atom stereocenters. The number of rotatable bonds is 1. The molecule has 0 radical (unpaired) electrons. The number of ether oxygens (including phenoxy) is 1. The van der Waals surface area contributed by atoms with Crippen LogP contribution in [0.1, 0.15) is 27.2 Å². The lowest BCUT2D eigenvalue weighted by Crippen LogP contribution is -2.45. The Labute approximate surface area is 84.7 Å². The molecule has 0 aromatic carbocycles. The summed E-state index contributed by atoms with van der Waals surface area (Å²) < 4.78 is 5.72. The number of amides is 1. The normalized spacial score (nSPS) is 37.1. The Morgan fingerprint density at radius 1 is 1.64 bits per heavy atom. The summed E-state index contributed by atoms with van der Waals surface area (Å²) in [5.74, 6) is 0.510. The molecule has 3 nitrogen and oxygen atoms in total. The van der Waals surface area contributed by atoms with E-state index in [1.807, 2.05) is 11.8 Å². The molecular weight excluding hydrogens is 178 g/mol. The van der Waals surface area contributed by atoms with Gasteiger partial charge in [0.1, 0.15) is 5.72 Å². The Balaban J connectivity index is 2.32. The molecule has 0 aliphatic carbocycles. The van der Waals surface area contributed by atoms with E-state index in [9.17, 15) is 4.79 Å². The summed E-state index contributed by atoms with van der Waals surface area (Å²) >= 11 is 0. The second kappa shape index (κ2) is 2.83. The molecular formula is C11H17NO2. The van der Waals surface area contributed by atoms with Crippen LogP contribution in [0.3, 0.4) is 0 Å². The minimum Gasteiger partial charge on any atom is -0.353 e. The summed E-state index contributed by atoms with van der Waals surface area (Å²) in [4.78, 5) is 13.7. The van der Waals surface area contributed by atoms with Crippen LogP contribution in [0.2, 0.25) is 0 Å². The van der Waals surface area contributed by atoms with Gasteiger partial charge in [-0.2, -0.15) is 0 Å². The number of fused-ring (bicyclic) bond motifs is 1. The van der Waals surface area contributed by atoms with Crippen molar-refractivity contribution >= 4 is 5.91 Å². The number of hydrogen-bond acceptors (Lipinski definition) is 2. The smallest absolute Gasteiger partial charge is 0.251 e. The molecule has 3 heteroatoms. The molecule has 0 spiro atoms. The van der Waals surface area contributed by atoms with Gasteiger partial charge in [0.2, 0.25) is 0 Å². The number of carbonyl (C=O) groups excluding carboxylic acids is 1. The molecule has 0 bridgehead atoms. The zero-order chi connectivity index (χ0) is 10.5. The van der Waals surface area contributed by atoms with E-state index in [-0.39, 0.29) is 11.9 Å². The van der Waals surface area contributed by atoms with Crippen LogP contribution >= 0.6 is 0 Å². The van der Waals surface area contributed by atoms with Crippen molar-refractivity contribution in [1.29, 1.82) is 0 Å². The second-order valence-corrected chi connectivity index (χ2v) is 4.75. The van der Waals surface area contributed by atoms with Crippen LogP contribution in [0, 0.1) is 5.92 Å². The van der Waals surface area contributed by atoms with Crippen LogP contribution in [-0.2, 0) is 9.53 Å². The number of carbonyl (C=O) groups is 1. The average molecular weight is 195 g/mol. The highest BCUT2D eigenvalue weighted by Crippen LogP contribution is 2.41. The fourth-order valence-electron chi connectivity index (χ4n) is 2.39. The molecule has 2 saturated heterocycles. The summed E-state index contributed by atoms with van der Waals surface area (Å²) in [6.45, 7) is 10.7. The van der Waals surface area contributed by atoms with E-state index in [1.165, 1.54) is 0 Å². The molecule has 2 fully saturated rings. The van der Waals surface area contributed by atoms with Crippen molar-refractivity contribution in [1.82, 2.24) is 4.90 Å². The summed E-state index contributed by atoms with van der Waals surface area (Å²) in [5, 5.41) is 0. The van der Waals surface area contributed by atoms with Gasteiger partial charge in [0, 0.05) is 12.0 Å². The SMILES string of the molecule is C=C1CC2(C)OC[C@H](C(C)C)N2C1=O. The molecule has 0 aromatic heterocycles. The molecule has 2 aliphatic heterocycles. The third-order valence-corrected chi connectivity index (χ3v) is 3.24.